The minimum absolute atomic E-state index is 0.0799. The molecule has 0 bridgehead atoms. The molecule has 0 radical (unpaired) electrons. The number of hydrogen-bond acceptors (Lipinski definition) is 22. The van der Waals surface area contributed by atoms with Gasteiger partial charge >= 0.3 is 42.0 Å². The van der Waals surface area contributed by atoms with Crippen LogP contribution in [0.15, 0.2) is 91.0 Å². The van der Waals surface area contributed by atoms with Crippen molar-refractivity contribution in [1.29, 1.82) is 0 Å². The lowest BCUT2D eigenvalue weighted by atomic mass is 10.2. The molecule has 0 aromatic heterocycles. The molecule has 486 valence electrons. The molecule has 0 unspecified atom stereocenters. The van der Waals surface area contributed by atoms with Gasteiger partial charge in [0, 0.05) is 39.3 Å². The second-order valence-corrected chi connectivity index (χ2v) is 20.5. The van der Waals surface area contributed by atoms with Crippen LogP contribution in [0.1, 0.15) is 58.2 Å². The summed E-state index contributed by atoms with van der Waals surface area (Å²) in [5, 5.41) is 22.6. The zero-order valence-corrected chi connectivity index (χ0v) is 52.3. The normalized spacial score (nSPS) is 10.9. The third kappa shape index (κ3) is 54.3. The van der Waals surface area contributed by atoms with E-state index in [4.69, 9.17) is 73.8 Å². The summed E-state index contributed by atoms with van der Waals surface area (Å²) in [6, 6.07) is 28.3. The van der Waals surface area contributed by atoms with Crippen LogP contribution >= 0.6 is 15.9 Å². The first-order chi connectivity index (χ1) is 41.0. The van der Waals surface area contributed by atoms with Gasteiger partial charge in [-0.2, -0.15) is 0 Å². The van der Waals surface area contributed by atoms with E-state index in [9.17, 15) is 33.6 Å². The fourth-order valence-electron chi connectivity index (χ4n) is 6.12. The monoisotopic (exact) mass is 1280 g/mol. The molecule has 86 heavy (non-hydrogen) atoms. The maximum atomic E-state index is 12.4. The van der Waals surface area contributed by atoms with Gasteiger partial charge in [-0.25, -0.2) is 9.59 Å². The van der Waals surface area contributed by atoms with Crippen LogP contribution < -0.4 is 22.1 Å². The summed E-state index contributed by atoms with van der Waals surface area (Å²) in [4.78, 5) is 82.3. The number of ether oxygens (including phenoxy) is 11. The summed E-state index contributed by atoms with van der Waals surface area (Å²) in [6.07, 6.45) is -0.924. The van der Waals surface area contributed by atoms with Crippen molar-refractivity contribution in [3.63, 3.8) is 0 Å². The second kappa shape index (κ2) is 51.8. The van der Waals surface area contributed by atoms with Crippen LogP contribution in [0, 0.1) is 0 Å². The van der Waals surface area contributed by atoms with Gasteiger partial charge in [0.25, 0.3) is 0 Å². The number of amides is 2. The number of carboxylic acids is 2. The molecule has 0 aliphatic carbocycles. The number of nitrogens with zero attached hydrogens (tertiary/aromatic N) is 2. The average Bonchev–Trinajstić information content (AvgIpc) is 3.46. The van der Waals surface area contributed by atoms with E-state index in [1.165, 1.54) is 4.90 Å². The molecule has 0 heterocycles. The zero-order chi connectivity index (χ0) is 64.1. The van der Waals surface area contributed by atoms with Crippen molar-refractivity contribution in [3.8, 4) is 0 Å². The number of carbonyl (C=O) groups is 7. The van der Waals surface area contributed by atoms with Gasteiger partial charge in [0.2, 0.25) is 0 Å². The van der Waals surface area contributed by atoms with Crippen LogP contribution in [0.4, 0.5) is 9.59 Å². The van der Waals surface area contributed by atoms with Gasteiger partial charge in [-0.3, -0.25) is 33.8 Å². The molecule has 3 aromatic carbocycles. The molecule has 26 nitrogen and oxygen atoms in total. The number of alkyl halides is 1. The van der Waals surface area contributed by atoms with Gasteiger partial charge in [-0.05, 0) is 58.2 Å². The number of aliphatic carboxylic acids is 2. The van der Waals surface area contributed by atoms with Crippen molar-refractivity contribution >= 4 is 58.0 Å². The van der Waals surface area contributed by atoms with E-state index in [1.54, 1.807) is 25.7 Å². The van der Waals surface area contributed by atoms with Crippen molar-refractivity contribution in [3.05, 3.63) is 108 Å². The fourth-order valence-corrected chi connectivity index (χ4v) is 6.28. The third-order valence-electron chi connectivity index (χ3n) is 9.83. The van der Waals surface area contributed by atoms with Gasteiger partial charge < -0.3 is 84.4 Å². The van der Waals surface area contributed by atoms with Crippen LogP contribution in [0.3, 0.4) is 0 Å². The molecule has 0 spiro atoms. The van der Waals surface area contributed by atoms with Crippen LogP contribution in [-0.4, -0.2) is 223 Å². The third-order valence-corrected chi connectivity index (χ3v) is 10.3. The van der Waals surface area contributed by atoms with Gasteiger partial charge in [-0.15, -0.1) is 0 Å². The Labute approximate surface area is 514 Å². The number of hydrogen-bond donors (Lipinski definition) is 6. The molecule has 0 atom stereocenters. The predicted molar refractivity (Wildman–Crippen MR) is 322 cm³/mol. The number of halogens is 1. The molecule has 0 saturated carbocycles. The number of carboxylic acid groups (broad SMARTS) is 2. The number of alkyl carbamates (subject to hydrolysis) is 2. The molecule has 2 amide bonds. The first-order valence-corrected chi connectivity index (χ1v) is 29.0. The quantitative estimate of drug-likeness (QED) is 0.0199. The molecule has 0 aliphatic heterocycles. The number of esters is 3. The van der Waals surface area contributed by atoms with E-state index in [0.717, 1.165) is 16.7 Å². The Balaban J connectivity index is 0.00000127. The average molecular weight is 1290 g/mol. The maximum Gasteiger partial charge on any atom is 0.407 e. The summed E-state index contributed by atoms with van der Waals surface area (Å²) in [6.45, 7) is 17.7. The van der Waals surface area contributed by atoms with E-state index in [1.807, 2.05) is 112 Å². The summed E-state index contributed by atoms with van der Waals surface area (Å²) in [5.41, 5.74) is 12.2. The van der Waals surface area contributed by atoms with Crippen LogP contribution in [0.2, 0.25) is 0 Å². The summed E-state index contributed by atoms with van der Waals surface area (Å²) in [7, 11) is 0. The lowest BCUT2D eigenvalue weighted by Gasteiger charge is -2.20. The summed E-state index contributed by atoms with van der Waals surface area (Å²) < 4.78 is 57.4. The van der Waals surface area contributed by atoms with Gasteiger partial charge in [0.15, 0.2) is 0 Å². The predicted octanol–water partition coefficient (Wildman–Crippen LogP) is 4.41. The van der Waals surface area contributed by atoms with Gasteiger partial charge in [-0.1, -0.05) is 107 Å². The number of rotatable bonds is 40. The highest BCUT2D eigenvalue weighted by atomic mass is 79.9. The Morgan fingerprint density at radius 2 is 0.721 bits per heavy atom. The van der Waals surface area contributed by atoms with Crippen LogP contribution in [0.25, 0.3) is 0 Å². The van der Waals surface area contributed by atoms with Gasteiger partial charge in [0.1, 0.15) is 36.4 Å². The lowest BCUT2D eigenvalue weighted by molar-refractivity contribution is -0.150. The van der Waals surface area contributed by atoms with E-state index in [2.05, 4.69) is 26.6 Å². The lowest BCUT2D eigenvalue weighted by Crippen LogP contribution is -2.38. The Hall–Kier alpha value is -6.37. The highest BCUT2D eigenvalue weighted by molar-refractivity contribution is 9.09. The second-order valence-electron chi connectivity index (χ2n) is 19.9. The number of nitrogens with one attached hydrogen (secondary N) is 2. The molecule has 3 aromatic rings. The number of benzene rings is 3. The summed E-state index contributed by atoms with van der Waals surface area (Å²) in [5.74, 6) is -3.27. The van der Waals surface area contributed by atoms with Crippen molar-refractivity contribution in [1.82, 2.24) is 20.4 Å². The van der Waals surface area contributed by atoms with Crippen molar-refractivity contribution in [2.45, 2.75) is 72.6 Å². The Morgan fingerprint density at radius 1 is 0.430 bits per heavy atom. The Bertz CT molecular complexity index is 2160. The first-order valence-electron chi connectivity index (χ1n) is 27.9. The molecule has 27 heteroatoms. The van der Waals surface area contributed by atoms with Gasteiger partial charge in [0.05, 0.1) is 105 Å². The molecular weight excluding hydrogens is 1190 g/mol. The van der Waals surface area contributed by atoms with Crippen molar-refractivity contribution in [2.75, 3.05) is 150 Å². The Kier molecular flexibility index (Phi) is 48.0. The summed E-state index contributed by atoms with van der Waals surface area (Å²) >= 11 is 3.01. The maximum absolute atomic E-state index is 12.4. The SMILES string of the molecule is CC(C)(C)OC(=O)NCCOCCOCCN.CC(C)(C)OC(=O)NCCOCCOCCN(CC(=O)OCc1ccccc1)CC(=O)OCc1ccccc1.NCCOCCOCCN(CC(=O)O)CC(=O)O.O=C(CBr)OCc1ccccc1. The Morgan fingerprint density at radius 3 is 1.01 bits per heavy atom. The zero-order valence-electron chi connectivity index (χ0n) is 50.7. The molecule has 3 rings (SSSR count). The first kappa shape index (κ1) is 79.6. The molecule has 8 N–H and O–H groups in total. The topological polar surface area (TPSA) is 344 Å². The molecular formula is C59H93BrN6O20. The van der Waals surface area contributed by atoms with E-state index in [0.29, 0.717) is 105 Å². The fraction of sp³-hybridized carbons (Fsp3) is 0.576. The van der Waals surface area contributed by atoms with E-state index >= 15 is 0 Å². The van der Waals surface area contributed by atoms with E-state index in [-0.39, 0.29) is 70.5 Å². The smallest absolute Gasteiger partial charge is 0.407 e. The molecule has 0 fully saturated rings. The largest absolute Gasteiger partial charge is 0.480 e. The highest BCUT2D eigenvalue weighted by Gasteiger charge is 2.19. The minimum Gasteiger partial charge on any atom is -0.480 e. The standard InChI is InChI=1S/C29H40N2O8.C11H24N2O4.C10H20N2O6.C9H9BrO2/c1-29(2,3)39-28(34)30-14-16-35-18-19-36-17-15-31(20-26(32)37-22-24-10-6-4-7-11-24)21-27(33)38-23-25-12-8-5-9-13-25;1-11(2,3)17-10(14)13-5-7-16-9-8-15-6-4-12;11-1-3-17-5-6-18-4-2-12(7-9(13)14)8-10(15)16;10-6-9(11)12-7-8-4-2-1-3-5-8/h4-13H,14-23H2,1-3H3,(H,30,34);4-9,12H2,1-3H3,(H,13,14);1-8,11H2,(H,13,14)(H,15,16);1-5H,6-7H2. The van der Waals surface area contributed by atoms with E-state index < -0.39 is 47.3 Å². The van der Waals surface area contributed by atoms with Crippen molar-refractivity contribution in [2.24, 2.45) is 11.5 Å². The van der Waals surface area contributed by atoms with Crippen LogP contribution in [-0.2, 0) is 95.9 Å². The highest BCUT2D eigenvalue weighted by Crippen LogP contribution is 2.08. The molecule has 0 saturated heterocycles. The minimum atomic E-state index is -1.07. The number of nitrogens with two attached hydrogens (primary N) is 2. The van der Waals surface area contributed by atoms with Crippen LogP contribution in [0.5, 0.6) is 0 Å². The molecule has 0 aliphatic rings. The number of carbonyl (C=O) groups excluding carboxylic acids is 5. The van der Waals surface area contributed by atoms with Crippen molar-refractivity contribution < 1.29 is 95.9 Å².